The van der Waals surface area contributed by atoms with Gasteiger partial charge in [-0.05, 0) is 18.7 Å². The largest absolute Gasteiger partial charge is 0.484 e. The van der Waals surface area contributed by atoms with E-state index in [1.165, 1.54) is 0 Å². The highest BCUT2D eigenvalue weighted by atomic mass is 35.5. The number of benzene rings is 1. The van der Waals surface area contributed by atoms with Crippen LogP contribution in [0.15, 0.2) is 18.2 Å². The third-order valence-corrected chi connectivity index (χ3v) is 4.58. The van der Waals surface area contributed by atoms with Crippen molar-refractivity contribution < 1.29 is 9.53 Å². The number of piperidine rings is 1. The van der Waals surface area contributed by atoms with Gasteiger partial charge in [-0.1, -0.05) is 24.6 Å². The molecular formula is C15H18ClNO2. The van der Waals surface area contributed by atoms with Gasteiger partial charge in [0.05, 0.1) is 17.0 Å². The summed E-state index contributed by atoms with van der Waals surface area (Å²) >= 11 is 6.18. The number of ketones is 1. The van der Waals surface area contributed by atoms with Crippen LogP contribution in [-0.2, 0) is 0 Å². The molecule has 1 saturated heterocycles. The Hall–Kier alpha value is -1.06. The topological polar surface area (TPSA) is 29.5 Å². The van der Waals surface area contributed by atoms with E-state index in [1.807, 2.05) is 0 Å². The maximum absolute atomic E-state index is 12.3. The second-order valence-corrected chi connectivity index (χ2v) is 5.84. The molecule has 3 rings (SSSR count). The number of rotatable bonds is 1. The molecule has 3 nitrogen and oxygen atoms in total. The summed E-state index contributed by atoms with van der Waals surface area (Å²) in [6.45, 7) is 5.20. The Kier molecular flexibility index (Phi) is 3.27. The van der Waals surface area contributed by atoms with Gasteiger partial charge < -0.3 is 9.64 Å². The molecule has 102 valence electrons. The van der Waals surface area contributed by atoms with Gasteiger partial charge in [0.25, 0.3) is 0 Å². The van der Waals surface area contributed by atoms with Crippen LogP contribution >= 0.6 is 11.6 Å². The van der Waals surface area contributed by atoms with Gasteiger partial charge in [-0.25, -0.2) is 0 Å². The van der Waals surface area contributed by atoms with E-state index in [0.717, 1.165) is 32.5 Å². The van der Waals surface area contributed by atoms with Crippen LogP contribution in [0.2, 0.25) is 5.02 Å². The minimum atomic E-state index is -0.333. The first-order valence-corrected chi connectivity index (χ1v) is 7.24. The van der Waals surface area contributed by atoms with Crippen molar-refractivity contribution in [1.82, 2.24) is 4.90 Å². The SMILES string of the molecule is CCN1CCC2(CC1)CC(=O)c1cccc(Cl)c1O2. The second-order valence-electron chi connectivity index (χ2n) is 5.44. The standard InChI is InChI=1S/C15H18ClNO2/c1-2-17-8-6-15(7-9-17)10-13(18)11-4-3-5-12(16)14(11)19-15/h3-5H,2,6-10H2,1H3. The zero-order valence-electron chi connectivity index (χ0n) is 11.1. The molecule has 19 heavy (non-hydrogen) atoms. The van der Waals surface area contributed by atoms with Crippen LogP contribution < -0.4 is 4.74 Å². The summed E-state index contributed by atoms with van der Waals surface area (Å²) in [5.74, 6) is 0.749. The van der Waals surface area contributed by atoms with E-state index >= 15 is 0 Å². The Morgan fingerprint density at radius 3 is 2.79 bits per heavy atom. The molecule has 0 unspecified atom stereocenters. The van der Waals surface area contributed by atoms with Crippen molar-refractivity contribution in [2.75, 3.05) is 19.6 Å². The molecule has 0 aromatic heterocycles. The fourth-order valence-electron chi connectivity index (χ4n) is 3.03. The Bertz CT molecular complexity index is 507. The van der Waals surface area contributed by atoms with Gasteiger partial charge in [0, 0.05) is 25.9 Å². The molecule has 2 heterocycles. The number of carbonyl (C=O) groups is 1. The monoisotopic (exact) mass is 279 g/mol. The first-order chi connectivity index (χ1) is 9.13. The number of Topliss-reactive ketones (excluding diaryl/α,β-unsaturated/α-hetero) is 1. The van der Waals surface area contributed by atoms with E-state index in [2.05, 4.69) is 11.8 Å². The van der Waals surface area contributed by atoms with Crippen molar-refractivity contribution >= 4 is 17.4 Å². The van der Waals surface area contributed by atoms with Gasteiger partial charge in [0.1, 0.15) is 11.4 Å². The fourth-order valence-corrected chi connectivity index (χ4v) is 3.24. The maximum atomic E-state index is 12.3. The summed E-state index contributed by atoms with van der Waals surface area (Å²) in [4.78, 5) is 14.7. The summed E-state index contributed by atoms with van der Waals surface area (Å²) in [6.07, 6.45) is 2.28. The van der Waals surface area contributed by atoms with E-state index < -0.39 is 0 Å². The van der Waals surface area contributed by atoms with Crippen LogP contribution in [0, 0.1) is 0 Å². The molecular weight excluding hydrogens is 262 g/mol. The van der Waals surface area contributed by atoms with Crippen molar-refractivity contribution in [1.29, 1.82) is 0 Å². The van der Waals surface area contributed by atoms with Crippen molar-refractivity contribution in [2.45, 2.75) is 31.8 Å². The summed E-state index contributed by atoms with van der Waals surface area (Å²) in [5.41, 5.74) is 0.303. The van der Waals surface area contributed by atoms with Crippen LogP contribution in [0.4, 0.5) is 0 Å². The number of halogens is 1. The highest BCUT2D eigenvalue weighted by Crippen LogP contribution is 2.42. The zero-order chi connectivity index (χ0) is 13.5. The highest BCUT2D eigenvalue weighted by molar-refractivity contribution is 6.32. The number of ether oxygens (including phenoxy) is 1. The Morgan fingerprint density at radius 1 is 1.37 bits per heavy atom. The number of likely N-dealkylation sites (tertiary alicyclic amines) is 1. The molecule has 2 aliphatic heterocycles. The predicted molar refractivity (Wildman–Crippen MR) is 75.1 cm³/mol. The molecule has 0 aliphatic carbocycles. The summed E-state index contributed by atoms with van der Waals surface area (Å²) < 4.78 is 6.17. The van der Waals surface area contributed by atoms with Gasteiger partial charge >= 0.3 is 0 Å². The second kappa shape index (κ2) is 4.80. The van der Waals surface area contributed by atoms with Crippen molar-refractivity contribution in [3.05, 3.63) is 28.8 Å². The molecule has 0 radical (unpaired) electrons. The third kappa shape index (κ3) is 2.26. The van der Waals surface area contributed by atoms with Gasteiger partial charge in [-0.2, -0.15) is 0 Å². The first-order valence-electron chi connectivity index (χ1n) is 6.87. The molecule has 0 bridgehead atoms. The average molecular weight is 280 g/mol. The van der Waals surface area contributed by atoms with Gasteiger partial charge in [-0.3, -0.25) is 4.79 Å². The molecule has 0 amide bonds. The lowest BCUT2D eigenvalue weighted by atomic mass is 9.82. The van der Waals surface area contributed by atoms with E-state index in [9.17, 15) is 4.79 Å². The van der Waals surface area contributed by atoms with Crippen molar-refractivity contribution in [3.8, 4) is 5.75 Å². The van der Waals surface area contributed by atoms with Crippen molar-refractivity contribution in [2.24, 2.45) is 0 Å². The molecule has 1 aromatic carbocycles. The molecule has 2 aliphatic rings. The number of carbonyl (C=O) groups excluding carboxylic acids is 1. The summed E-state index contributed by atoms with van der Waals surface area (Å²) in [6, 6.07) is 5.39. The fraction of sp³-hybridized carbons (Fsp3) is 0.533. The summed E-state index contributed by atoms with van der Waals surface area (Å²) in [7, 11) is 0. The van der Waals surface area contributed by atoms with Gasteiger partial charge in [-0.15, -0.1) is 0 Å². The number of nitrogens with zero attached hydrogens (tertiary/aromatic N) is 1. The summed E-state index contributed by atoms with van der Waals surface area (Å²) in [5, 5.41) is 0.544. The average Bonchev–Trinajstić information content (AvgIpc) is 2.41. The molecule has 1 aromatic rings. The van der Waals surface area contributed by atoms with Crippen LogP contribution in [0.5, 0.6) is 5.75 Å². The van der Waals surface area contributed by atoms with E-state index in [0.29, 0.717) is 22.8 Å². The number of para-hydroxylation sites is 1. The Labute approximate surface area is 118 Å². The van der Waals surface area contributed by atoms with Crippen LogP contribution in [0.1, 0.15) is 36.5 Å². The minimum Gasteiger partial charge on any atom is -0.484 e. The van der Waals surface area contributed by atoms with E-state index in [4.69, 9.17) is 16.3 Å². The Balaban J connectivity index is 1.89. The molecule has 0 N–H and O–H groups in total. The van der Waals surface area contributed by atoms with Gasteiger partial charge in [0.15, 0.2) is 5.78 Å². The number of hydrogen-bond donors (Lipinski definition) is 0. The number of hydrogen-bond acceptors (Lipinski definition) is 3. The minimum absolute atomic E-state index is 0.161. The first kappa shape index (κ1) is 12.9. The van der Waals surface area contributed by atoms with Crippen LogP contribution in [-0.4, -0.2) is 35.9 Å². The lowest BCUT2D eigenvalue weighted by Gasteiger charge is -2.43. The highest BCUT2D eigenvalue weighted by Gasteiger charge is 2.43. The molecule has 0 saturated carbocycles. The lowest BCUT2D eigenvalue weighted by molar-refractivity contribution is -0.00773. The Morgan fingerprint density at radius 2 is 2.11 bits per heavy atom. The van der Waals surface area contributed by atoms with Crippen LogP contribution in [0.25, 0.3) is 0 Å². The quantitative estimate of drug-likeness (QED) is 0.791. The molecule has 4 heteroatoms. The normalized spacial score (nSPS) is 22.1. The van der Waals surface area contributed by atoms with Gasteiger partial charge in [0.2, 0.25) is 0 Å². The molecule has 0 atom stereocenters. The predicted octanol–water partition coefficient (Wildman–Crippen LogP) is 3.16. The smallest absolute Gasteiger partial charge is 0.170 e. The zero-order valence-corrected chi connectivity index (χ0v) is 11.9. The molecule has 1 spiro atoms. The third-order valence-electron chi connectivity index (χ3n) is 4.28. The van der Waals surface area contributed by atoms with Crippen LogP contribution in [0.3, 0.4) is 0 Å². The maximum Gasteiger partial charge on any atom is 0.170 e. The van der Waals surface area contributed by atoms with E-state index in [-0.39, 0.29) is 11.4 Å². The van der Waals surface area contributed by atoms with Crippen molar-refractivity contribution in [3.63, 3.8) is 0 Å². The lowest BCUT2D eigenvalue weighted by Crippen LogP contribution is -2.50. The van der Waals surface area contributed by atoms with E-state index in [1.54, 1.807) is 18.2 Å². The molecule has 1 fully saturated rings. The number of fused-ring (bicyclic) bond motifs is 1.